The predicted molar refractivity (Wildman–Crippen MR) is 81.2 cm³/mol. The fourth-order valence-electron chi connectivity index (χ4n) is 2.36. The average Bonchev–Trinajstić information content (AvgIpc) is 2.95. The second kappa shape index (κ2) is 6.79. The molecule has 1 aromatic carbocycles. The van der Waals surface area contributed by atoms with Crippen LogP contribution in [0.1, 0.15) is 35.2 Å². The predicted octanol–water partition coefficient (Wildman–Crippen LogP) is 2.03. The van der Waals surface area contributed by atoms with E-state index in [0.29, 0.717) is 18.5 Å². The summed E-state index contributed by atoms with van der Waals surface area (Å²) in [6.07, 6.45) is 2.55. The summed E-state index contributed by atoms with van der Waals surface area (Å²) in [5.74, 6) is -0.0184. The van der Waals surface area contributed by atoms with Crippen LogP contribution >= 0.6 is 12.6 Å². The van der Waals surface area contributed by atoms with Gasteiger partial charge in [0.15, 0.2) is 0 Å². The van der Waals surface area contributed by atoms with Crippen LogP contribution in [0.2, 0.25) is 0 Å². The van der Waals surface area contributed by atoms with Crippen molar-refractivity contribution in [2.24, 2.45) is 0 Å². The van der Waals surface area contributed by atoms with Crippen molar-refractivity contribution in [1.82, 2.24) is 10.2 Å². The standard InChI is InChI=1S/C15H20N2O2S/c1-11-4-5-12(20)10-13(11)15(19)16-7-6-14(18)17-8-2-3-9-17/h4-5,10,20H,2-3,6-9H2,1H3,(H,16,19). The molecule has 0 bridgehead atoms. The number of carbonyl (C=O) groups is 2. The van der Waals surface area contributed by atoms with E-state index in [1.807, 2.05) is 24.0 Å². The summed E-state index contributed by atoms with van der Waals surface area (Å²) in [5.41, 5.74) is 1.53. The van der Waals surface area contributed by atoms with Crippen LogP contribution in [0.5, 0.6) is 0 Å². The molecule has 1 aromatic rings. The van der Waals surface area contributed by atoms with Crippen molar-refractivity contribution >= 4 is 24.4 Å². The minimum atomic E-state index is -0.146. The number of thiol groups is 1. The Kier molecular flexibility index (Phi) is 5.06. The lowest BCUT2D eigenvalue weighted by Crippen LogP contribution is -2.32. The van der Waals surface area contributed by atoms with Crippen molar-refractivity contribution in [3.8, 4) is 0 Å². The summed E-state index contributed by atoms with van der Waals surface area (Å²) < 4.78 is 0. The molecule has 108 valence electrons. The van der Waals surface area contributed by atoms with E-state index in [2.05, 4.69) is 17.9 Å². The molecule has 0 unspecified atom stereocenters. The van der Waals surface area contributed by atoms with Gasteiger partial charge in [0.25, 0.3) is 5.91 Å². The van der Waals surface area contributed by atoms with Gasteiger partial charge in [-0.25, -0.2) is 0 Å². The molecule has 0 atom stereocenters. The number of amides is 2. The molecule has 1 saturated heterocycles. The Bertz CT molecular complexity index is 511. The van der Waals surface area contributed by atoms with Crippen molar-refractivity contribution in [2.45, 2.75) is 31.1 Å². The van der Waals surface area contributed by atoms with E-state index in [0.717, 1.165) is 36.4 Å². The number of hydrogen-bond donors (Lipinski definition) is 2. The number of nitrogens with zero attached hydrogens (tertiary/aromatic N) is 1. The normalized spacial score (nSPS) is 14.4. The van der Waals surface area contributed by atoms with Crippen LogP contribution in [-0.4, -0.2) is 36.3 Å². The van der Waals surface area contributed by atoms with Crippen LogP contribution in [-0.2, 0) is 4.79 Å². The smallest absolute Gasteiger partial charge is 0.251 e. The van der Waals surface area contributed by atoms with Gasteiger partial charge in [-0.05, 0) is 37.5 Å². The molecule has 1 aliphatic heterocycles. The number of likely N-dealkylation sites (tertiary alicyclic amines) is 1. The third kappa shape index (κ3) is 3.76. The van der Waals surface area contributed by atoms with Crippen molar-refractivity contribution in [1.29, 1.82) is 0 Å². The van der Waals surface area contributed by atoms with E-state index >= 15 is 0 Å². The zero-order chi connectivity index (χ0) is 14.5. The molecule has 1 fully saturated rings. The molecule has 1 N–H and O–H groups in total. The van der Waals surface area contributed by atoms with Gasteiger partial charge in [0, 0.05) is 36.5 Å². The molecule has 2 rings (SSSR count). The first-order valence-electron chi connectivity index (χ1n) is 6.93. The van der Waals surface area contributed by atoms with Gasteiger partial charge in [0.05, 0.1) is 0 Å². The summed E-state index contributed by atoms with van der Waals surface area (Å²) in [6, 6.07) is 5.47. The van der Waals surface area contributed by atoms with E-state index in [1.165, 1.54) is 0 Å². The Hall–Kier alpha value is -1.49. The van der Waals surface area contributed by atoms with Gasteiger partial charge in [-0.1, -0.05) is 6.07 Å². The number of rotatable bonds is 4. The maximum absolute atomic E-state index is 12.1. The highest BCUT2D eigenvalue weighted by Crippen LogP contribution is 2.14. The van der Waals surface area contributed by atoms with Gasteiger partial charge < -0.3 is 10.2 Å². The lowest BCUT2D eigenvalue weighted by molar-refractivity contribution is -0.129. The monoisotopic (exact) mass is 292 g/mol. The maximum atomic E-state index is 12.1. The molecule has 5 heteroatoms. The number of aryl methyl sites for hydroxylation is 1. The van der Waals surface area contributed by atoms with E-state index in [9.17, 15) is 9.59 Å². The van der Waals surface area contributed by atoms with Crippen LogP contribution < -0.4 is 5.32 Å². The highest BCUT2D eigenvalue weighted by atomic mass is 32.1. The first-order chi connectivity index (χ1) is 9.58. The quantitative estimate of drug-likeness (QED) is 0.834. The molecule has 0 aromatic heterocycles. The second-order valence-electron chi connectivity index (χ2n) is 5.09. The van der Waals surface area contributed by atoms with Gasteiger partial charge in [-0.15, -0.1) is 12.6 Å². The van der Waals surface area contributed by atoms with Gasteiger partial charge in [-0.3, -0.25) is 9.59 Å². The molecule has 1 aliphatic rings. The molecule has 0 radical (unpaired) electrons. The number of nitrogens with one attached hydrogen (secondary N) is 1. The highest BCUT2D eigenvalue weighted by Gasteiger charge is 2.17. The zero-order valence-corrected chi connectivity index (χ0v) is 12.6. The molecule has 2 amide bonds. The van der Waals surface area contributed by atoms with Crippen molar-refractivity contribution in [2.75, 3.05) is 19.6 Å². The molecular weight excluding hydrogens is 272 g/mol. The summed E-state index contributed by atoms with van der Waals surface area (Å²) in [4.78, 5) is 26.5. The largest absolute Gasteiger partial charge is 0.352 e. The van der Waals surface area contributed by atoms with E-state index in [1.54, 1.807) is 6.07 Å². The minimum absolute atomic E-state index is 0.127. The van der Waals surface area contributed by atoms with Crippen LogP contribution in [0, 0.1) is 6.92 Å². The Morgan fingerprint density at radius 2 is 2.00 bits per heavy atom. The van der Waals surface area contributed by atoms with E-state index in [-0.39, 0.29) is 11.8 Å². The van der Waals surface area contributed by atoms with Crippen LogP contribution in [0.3, 0.4) is 0 Å². The van der Waals surface area contributed by atoms with Crippen molar-refractivity contribution in [3.63, 3.8) is 0 Å². The number of carbonyl (C=O) groups excluding carboxylic acids is 2. The fourth-order valence-corrected chi connectivity index (χ4v) is 2.56. The molecule has 0 aliphatic carbocycles. The Morgan fingerprint density at radius 1 is 1.30 bits per heavy atom. The third-order valence-electron chi connectivity index (χ3n) is 3.55. The Labute approximate surface area is 124 Å². The fraction of sp³-hybridized carbons (Fsp3) is 0.467. The molecule has 20 heavy (non-hydrogen) atoms. The van der Waals surface area contributed by atoms with Crippen molar-refractivity contribution < 1.29 is 9.59 Å². The van der Waals surface area contributed by atoms with Gasteiger partial charge in [0.1, 0.15) is 0 Å². The van der Waals surface area contributed by atoms with Crippen LogP contribution in [0.15, 0.2) is 23.1 Å². The summed E-state index contributed by atoms with van der Waals surface area (Å²) in [5, 5.41) is 2.80. The van der Waals surface area contributed by atoms with Crippen molar-refractivity contribution in [3.05, 3.63) is 29.3 Å². The topological polar surface area (TPSA) is 49.4 Å². The van der Waals surface area contributed by atoms with Gasteiger partial charge >= 0.3 is 0 Å². The molecule has 1 heterocycles. The van der Waals surface area contributed by atoms with E-state index < -0.39 is 0 Å². The zero-order valence-electron chi connectivity index (χ0n) is 11.7. The Balaban J connectivity index is 1.83. The molecule has 0 saturated carbocycles. The van der Waals surface area contributed by atoms with E-state index in [4.69, 9.17) is 0 Å². The number of hydrogen-bond acceptors (Lipinski definition) is 3. The van der Waals surface area contributed by atoms with Gasteiger partial charge in [-0.2, -0.15) is 0 Å². The van der Waals surface area contributed by atoms with Crippen LogP contribution in [0.25, 0.3) is 0 Å². The lowest BCUT2D eigenvalue weighted by Gasteiger charge is -2.15. The third-order valence-corrected chi connectivity index (χ3v) is 3.83. The molecule has 0 spiro atoms. The minimum Gasteiger partial charge on any atom is -0.352 e. The van der Waals surface area contributed by atoms with Crippen LogP contribution in [0.4, 0.5) is 0 Å². The summed E-state index contributed by atoms with van der Waals surface area (Å²) >= 11 is 4.24. The lowest BCUT2D eigenvalue weighted by atomic mass is 10.1. The first-order valence-corrected chi connectivity index (χ1v) is 7.38. The summed E-state index contributed by atoms with van der Waals surface area (Å²) in [7, 11) is 0. The number of benzene rings is 1. The average molecular weight is 292 g/mol. The highest BCUT2D eigenvalue weighted by molar-refractivity contribution is 7.80. The Morgan fingerprint density at radius 3 is 2.70 bits per heavy atom. The molecular formula is C15H20N2O2S. The second-order valence-corrected chi connectivity index (χ2v) is 5.61. The maximum Gasteiger partial charge on any atom is 0.251 e. The SMILES string of the molecule is Cc1ccc(S)cc1C(=O)NCCC(=O)N1CCCC1. The molecule has 4 nitrogen and oxygen atoms in total. The van der Waals surface area contributed by atoms with Gasteiger partial charge in [0.2, 0.25) is 5.91 Å². The summed E-state index contributed by atoms with van der Waals surface area (Å²) in [6.45, 7) is 3.98. The first kappa shape index (κ1) is 14.9.